The van der Waals surface area contributed by atoms with Gasteiger partial charge in [0.1, 0.15) is 0 Å². The fourth-order valence-electron chi connectivity index (χ4n) is 1.19. The highest BCUT2D eigenvalue weighted by molar-refractivity contribution is 5.83. The first-order valence-electron chi connectivity index (χ1n) is 3.71. The van der Waals surface area contributed by atoms with Crippen molar-refractivity contribution in [1.82, 2.24) is 0 Å². The highest BCUT2D eigenvalue weighted by Crippen LogP contribution is 2.14. The van der Waals surface area contributed by atoms with Crippen molar-refractivity contribution >= 4 is 10.8 Å². The quantitative estimate of drug-likeness (QED) is 0.569. The van der Waals surface area contributed by atoms with Gasteiger partial charge in [0.05, 0.1) is 11.6 Å². The van der Waals surface area contributed by atoms with Gasteiger partial charge in [-0.1, -0.05) is 24.3 Å². The molecule has 0 N–H and O–H groups in total. The number of fused-ring (bicyclic) bond motifs is 1. The minimum Gasteiger partial charge on any atom is -0.192 e. The number of rotatable bonds is 0. The lowest BCUT2D eigenvalue weighted by Crippen LogP contribution is -1.75. The van der Waals surface area contributed by atoms with Crippen molar-refractivity contribution < 1.29 is 0 Å². The van der Waals surface area contributed by atoms with Crippen LogP contribution in [0.1, 0.15) is 5.56 Å². The molecule has 0 spiro atoms. The van der Waals surface area contributed by atoms with E-state index in [0.717, 1.165) is 10.8 Å². The molecule has 12 heavy (non-hydrogen) atoms. The average molecular weight is 152 g/mol. The number of hydrogen-bond donors (Lipinski definition) is 0. The molecular weight excluding hydrogens is 146 g/mol. The molecular formula is C11H6N. The van der Waals surface area contributed by atoms with E-state index in [1.54, 1.807) is 0 Å². The maximum absolute atomic E-state index is 8.62. The van der Waals surface area contributed by atoms with Crippen molar-refractivity contribution in [2.45, 2.75) is 0 Å². The van der Waals surface area contributed by atoms with Crippen LogP contribution in [0.25, 0.3) is 10.8 Å². The maximum Gasteiger partial charge on any atom is 0.0998 e. The van der Waals surface area contributed by atoms with Gasteiger partial charge in [-0.15, -0.1) is 0 Å². The van der Waals surface area contributed by atoms with Gasteiger partial charge in [0.15, 0.2) is 0 Å². The summed E-state index contributed by atoms with van der Waals surface area (Å²) in [6.07, 6.45) is 0. The van der Waals surface area contributed by atoms with Gasteiger partial charge in [-0.05, 0) is 22.9 Å². The zero-order chi connectivity index (χ0) is 8.39. The Balaban J connectivity index is 2.78. The standard InChI is InChI=1S/C11H6N/c12-8-9-5-6-10-3-1-2-4-11(10)7-9/h1-4,6-7H. The third-order valence-corrected chi connectivity index (χ3v) is 1.80. The Morgan fingerprint density at radius 2 is 1.92 bits per heavy atom. The van der Waals surface area contributed by atoms with Crippen LogP contribution in [0.4, 0.5) is 0 Å². The second-order valence-electron chi connectivity index (χ2n) is 2.59. The van der Waals surface area contributed by atoms with E-state index in [-0.39, 0.29) is 0 Å². The Labute approximate surface area is 70.9 Å². The van der Waals surface area contributed by atoms with Gasteiger partial charge in [-0.2, -0.15) is 5.26 Å². The number of benzene rings is 2. The highest BCUT2D eigenvalue weighted by Gasteiger charge is 1.93. The summed E-state index contributed by atoms with van der Waals surface area (Å²) in [5.74, 6) is 0. The molecule has 2 rings (SSSR count). The third-order valence-electron chi connectivity index (χ3n) is 1.80. The van der Waals surface area contributed by atoms with Gasteiger partial charge < -0.3 is 0 Å². The first kappa shape index (κ1) is 6.87. The summed E-state index contributed by atoms with van der Waals surface area (Å²) in [6.45, 7) is 0. The molecule has 0 atom stereocenters. The first-order chi connectivity index (χ1) is 5.90. The predicted octanol–water partition coefficient (Wildman–Crippen LogP) is 2.51. The van der Waals surface area contributed by atoms with Gasteiger partial charge in [0.25, 0.3) is 0 Å². The molecule has 2 aromatic carbocycles. The summed E-state index contributed by atoms with van der Waals surface area (Å²) in [5.41, 5.74) is 0.591. The Morgan fingerprint density at radius 1 is 1.17 bits per heavy atom. The summed E-state index contributed by atoms with van der Waals surface area (Å²) in [5, 5.41) is 10.8. The van der Waals surface area contributed by atoms with Crippen LogP contribution in [0, 0.1) is 17.4 Å². The summed E-state index contributed by atoms with van der Waals surface area (Å²) in [7, 11) is 0. The van der Waals surface area contributed by atoms with E-state index in [4.69, 9.17) is 5.26 Å². The van der Waals surface area contributed by atoms with E-state index in [1.807, 2.05) is 36.4 Å². The summed E-state index contributed by atoms with van der Waals surface area (Å²) in [4.78, 5) is 0. The van der Waals surface area contributed by atoms with Gasteiger partial charge in [0, 0.05) is 6.07 Å². The van der Waals surface area contributed by atoms with E-state index in [0.29, 0.717) is 5.56 Å². The van der Waals surface area contributed by atoms with E-state index in [9.17, 15) is 0 Å². The number of nitrogens with zero attached hydrogens (tertiary/aromatic N) is 1. The molecule has 1 radical (unpaired) electrons. The Bertz CT molecular complexity index is 452. The van der Waals surface area contributed by atoms with Gasteiger partial charge >= 0.3 is 0 Å². The first-order valence-corrected chi connectivity index (χ1v) is 3.71. The van der Waals surface area contributed by atoms with Crippen LogP contribution in [0.5, 0.6) is 0 Å². The predicted molar refractivity (Wildman–Crippen MR) is 47.5 cm³/mol. The van der Waals surface area contributed by atoms with Crippen molar-refractivity contribution in [3.05, 3.63) is 48.0 Å². The second-order valence-corrected chi connectivity index (χ2v) is 2.59. The molecule has 0 unspecified atom stereocenters. The van der Waals surface area contributed by atoms with Crippen LogP contribution in [0.2, 0.25) is 0 Å². The zero-order valence-corrected chi connectivity index (χ0v) is 6.41. The molecule has 0 aliphatic heterocycles. The monoisotopic (exact) mass is 152 g/mol. The summed E-state index contributed by atoms with van der Waals surface area (Å²) < 4.78 is 0. The lowest BCUT2D eigenvalue weighted by molar-refractivity contribution is 1.49. The van der Waals surface area contributed by atoms with Crippen LogP contribution in [-0.4, -0.2) is 0 Å². The van der Waals surface area contributed by atoms with Crippen LogP contribution >= 0.6 is 0 Å². The Kier molecular flexibility index (Phi) is 1.53. The molecule has 0 fully saturated rings. The largest absolute Gasteiger partial charge is 0.192 e. The molecule has 0 aromatic heterocycles. The molecule has 55 valence electrons. The summed E-state index contributed by atoms with van der Waals surface area (Å²) >= 11 is 0. The lowest BCUT2D eigenvalue weighted by atomic mass is 10.1. The van der Waals surface area contributed by atoms with Crippen molar-refractivity contribution in [1.29, 1.82) is 5.26 Å². The molecule has 1 nitrogen and oxygen atoms in total. The zero-order valence-electron chi connectivity index (χ0n) is 6.41. The molecule has 0 aliphatic carbocycles. The minimum atomic E-state index is 0.591. The highest BCUT2D eigenvalue weighted by atomic mass is 14.2. The number of hydrogen-bond acceptors (Lipinski definition) is 1. The van der Waals surface area contributed by atoms with Gasteiger partial charge in [0.2, 0.25) is 0 Å². The van der Waals surface area contributed by atoms with E-state index in [2.05, 4.69) is 12.1 Å². The molecule has 1 heteroatoms. The van der Waals surface area contributed by atoms with E-state index < -0.39 is 0 Å². The van der Waals surface area contributed by atoms with Gasteiger partial charge in [-0.3, -0.25) is 0 Å². The van der Waals surface area contributed by atoms with Crippen LogP contribution in [-0.2, 0) is 0 Å². The van der Waals surface area contributed by atoms with Gasteiger partial charge in [-0.25, -0.2) is 0 Å². The molecule has 0 heterocycles. The smallest absolute Gasteiger partial charge is 0.0998 e. The molecule has 0 saturated carbocycles. The average Bonchev–Trinajstić information content (AvgIpc) is 2.17. The van der Waals surface area contributed by atoms with Crippen molar-refractivity contribution in [3.8, 4) is 6.07 Å². The van der Waals surface area contributed by atoms with Crippen LogP contribution in [0.3, 0.4) is 0 Å². The van der Waals surface area contributed by atoms with Crippen molar-refractivity contribution in [2.24, 2.45) is 0 Å². The van der Waals surface area contributed by atoms with Crippen LogP contribution < -0.4 is 0 Å². The Morgan fingerprint density at radius 3 is 2.67 bits per heavy atom. The normalized spacial score (nSPS) is 9.58. The topological polar surface area (TPSA) is 23.8 Å². The molecule has 0 aliphatic rings. The van der Waals surface area contributed by atoms with Crippen LogP contribution in [0.15, 0.2) is 36.4 Å². The second kappa shape index (κ2) is 2.67. The lowest BCUT2D eigenvalue weighted by Gasteiger charge is -1.95. The SMILES string of the molecule is N#Cc1[c]cc2ccccc2c1. The molecule has 0 saturated heterocycles. The molecule has 0 bridgehead atoms. The van der Waals surface area contributed by atoms with Crippen molar-refractivity contribution in [2.75, 3.05) is 0 Å². The maximum atomic E-state index is 8.62. The molecule has 2 aromatic rings. The number of nitriles is 1. The van der Waals surface area contributed by atoms with E-state index >= 15 is 0 Å². The minimum absolute atomic E-state index is 0.591. The third kappa shape index (κ3) is 1.04. The fraction of sp³-hybridized carbons (Fsp3) is 0. The van der Waals surface area contributed by atoms with Crippen molar-refractivity contribution in [3.63, 3.8) is 0 Å². The Hall–Kier alpha value is -1.81. The van der Waals surface area contributed by atoms with E-state index in [1.165, 1.54) is 0 Å². The fourth-order valence-corrected chi connectivity index (χ4v) is 1.19. The summed E-state index contributed by atoms with van der Waals surface area (Å²) in [6, 6.07) is 16.6. The molecule has 0 amide bonds.